The molecule has 0 aliphatic rings. The summed E-state index contributed by atoms with van der Waals surface area (Å²) in [7, 11) is 0. The highest BCUT2D eigenvalue weighted by atomic mass is 35.5. The van der Waals surface area contributed by atoms with Gasteiger partial charge in [0.25, 0.3) is 0 Å². The molecule has 1 rings (SSSR count). The maximum atomic E-state index is 8.31. The van der Waals surface area contributed by atoms with E-state index in [0.717, 1.165) is 5.56 Å². The topological polar surface area (TPSA) is 23.8 Å². The number of rotatable bonds is 1. The SMILES string of the molecule is C.N#CCc1ccc(Cl)cc1. The minimum Gasteiger partial charge on any atom is -0.198 e. The Hall–Kier alpha value is -1.00. The molecular formula is C9H10ClN. The lowest BCUT2D eigenvalue weighted by Gasteiger charge is -1.91. The van der Waals surface area contributed by atoms with E-state index in [4.69, 9.17) is 16.9 Å². The van der Waals surface area contributed by atoms with Crippen LogP contribution in [0.1, 0.15) is 13.0 Å². The van der Waals surface area contributed by atoms with Gasteiger partial charge in [0.15, 0.2) is 0 Å². The van der Waals surface area contributed by atoms with Crippen molar-refractivity contribution in [3.05, 3.63) is 34.9 Å². The second-order valence-corrected chi connectivity index (χ2v) is 2.40. The van der Waals surface area contributed by atoms with E-state index in [-0.39, 0.29) is 7.43 Å². The third kappa shape index (κ3) is 3.06. The van der Waals surface area contributed by atoms with Crippen molar-refractivity contribution in [2.75, 3.05) is 0 Å². The number of hydrogen-bond acceptors (Lipinski definition) is 1. The minimum atomic E-state index is 0. The Labute approximate surface area is 72.2 Å². The van der Waals surface area contributed by atoms with E-state index in [1.54, 1.807) is 12.1 Å². The first-order chi connectivity index (χ1) is 4.83. The maximum absolute atomic E-state index is 8.31. The number of hydrogen-bond donors (Lipinski definition) is 0. The minimum absolute atomic E-state index is 0. The van der Waals surface area contributed by atoms with Crippen LogP contribution in [0, 0.1) is 11.3 Å². The highest BCUT2D eigenvalue weighted by Crippen LogP contribution is 2.09. The van der Waals surface area contributed by atoms with E-state index in [2.05, 4.69) is 6.07 Å². The summed E-state index contributed by atoms with van der Waals surface area (Å²) >= 11 is 5.63. The fourth-order valence-electron chi connectivity index (χ4n) is 0.694. The maximum Gasteiger partial charge on any atom is 0.0669 e. The lowest BCUT2D eigenvalue weighted by Crippen LogP contribution is -1.78. The molecule has 0 saturated carbocycles. The fourth-order valence-corrected chi connectivity index (χ4v) is 0.820. The summed E-state index contributed by atoms with van der Waals surface area (Å²) in [6, 6.07) is 9.34. The first-order valence-corrected chi connectivity index (χ1v) is 3.32. The summed E-state index contributed by atoms with van der Waals surface area (Å²) in [5.41, 5.74) is 1.01. The summed E-state index contributed by atoms with van der Waals surface area (Å²) in [5, 5.41) is 9.02. The molecule has 0 aromatic heterocycles. The predicted molar refractivity (Wildman–Crippen MR) is 47.5 cm³/mol. The van der Waals surface area contributed by atoms with Gasteiger partial charge in [-0.15, -0.1) is 0 Å². The van der Waals surface area contributed by atoms with E-state index >= 15 is 0 Å². The summed E-state index contributed by atoms with van der Waals surface area (Å²) in [6.45, 7) is 0. The van der Waals surface area contributed by atoms with Gasteiger partial charge in [-0.3, -0.25) is 0 Å². The standard InChI is InChI=1S/C8H6ClN.CH4/c9-8-3-1-7(2-4-8)5-6-10;/h1-4H,5H2;1H4. The van der Waals surface area contributed by atoms with Gasteiger partial charge in [-0.05, 0) is 17.7 Å². The zero-order valence-electron chi connectivity index (χ0n) is 5.34. The van der Waals surface area contributed by atoms with E-state index in [1.165, 1.54) is 0 Å². The van der Waals surface area contributed by atoms with Crippen molar-refractivity contribution in [1.29, 1.82) is 5.26 Å². The Bertz CT molecular complexity index is 245. The molecule has 0 spiro atoms. The van der Waals surface area contributed by atoms with E-state index < -0.39 is 0 Å². The molecule has 0 N–H and O–H groups in total. The van der Waals surface area contributed by atoms with Crippen molar-refractivity contribution >= 4 is 11.6 Å². The Kier molecular flexibility index (Phi) is 4.33. The summed E-state index contributed by atoms with van der Waals surface area (Å²) in [5.74, 6) is 0. The molecule has 2 heteroatoms. The zero-order chi connectivity index (χ0) is 7.40. The average molecular weight is 168 g/mol. The molecule has 1 aromatic rings. The Morgan fingerprint density at radius 1 is 1.27 bits per heavy atom. The number of halogens is 1. The zero-order valence-corrected chi connectivity index (χ0v) is 6.10. The number of benzene rings is 1. The van der Waals surface area contributed by atoms with E-state index in [9.17, 15) is 0 Å². The fraction of sp³-hybridized carbons (Fsp3) is 0.222. The molecule has 0 aliphatic carbocycles. The normalized spacial score (nSPS) is 8.00. The second-order valence-electron chi connectivity index (χ2n) is 1.96. The molecule has 11 heavy (non-hydrogen) atoms. The van der Waals surface area contributed by atoms with Crippen molar-refractivity contribution in [2.45, 2.75) is 13.8 Å². The van der Waals surface area contributed by atoms with Gasteiger partial charge in [-0.2, -0.15) is 5.26 Å². The van der Waals surface area contributed by atoms with Crippen LogP contribution >= 0.6 is 11.6 Å². The highest BCUT2D eigenvalue weighted by molar-refractivity contribution is 6.30. The molecule has 1 aromatic carbocycles. The molecule has 0 atom stereocenters. The molecule has 0 bridgehead atoms. The molecule has 0 saturated heterocycles. The van der Waals surface area contributed by atoms with Crippen LogP contribution in [-0.4, -0.2) is 0 Å². The van der Waals surface area contributed by atoms with Gasteiger partial charge >= 0.3 is 0 Å². The molecule has 0 radical (unpaired) electrons. The Morgan fingerprint density at radius 3 is 2.27 bits per heavy atom. The smallest absolute Gasteiger partial charge is 0.0669 e. The summed E-state index contributed by atoms with van der Waals surface area (Å²) < 4.78 is 0. The molecule has 0 fully saturated rings. The Balaban J connectivity index is 0.000001000. The van der Waals surface area contributed by atoms with Crippen molar-refractivity contribution in [3.8, 4) is 6.07 Å². The van der Waals surface area contributed by atoms with Gasteiger partial charge in [0.2, 0.25) is 0 Å². The lowest BCUT2D eigenvalue weighted by atomic mass is 10.2. The number of nitriles is 1. The number of nitrogens with zero attached hydrogens (tertiary/aromatic N) is 1. The third-order valence-corrected chi connectivity index (χ3v) is 1.45. The summed E-state index contributed by atoms with van der Waals surface area (Å²) in [4.78, 5) is 0. The Morgan fingerprint density at radius 2 is 1.82 bits per heavy atom. The van der Waals surface area contributed by atoms with Crippen molar-refractivity contribution in [2.24, 2.45) is 0 Å². The van der Waals surface area contributed by atoms with Crippen LogP contribution in [0.25, 0.3) is 0 Å². The first kappa shape index (κ1) is 10.0. The van der Waals surface area contributed by atoms with Gasteiger partial charge in [0.05, 0.1) is 12.5 Å². The molecule has 0 aliphatic heterocycles. The monoisotopic (exact) mass is 167 g/mol. The second kappa shape index (κ2) is 4.76. The molecule has 1 nitrogen and oxygen atoms in total. The van der Waals surface area contributed by atoms with Crippen LogP contribution in [0.5, 0.6) is 0 Å². The molecular weight excluding hydrogens is 158 g/mol. The van der Waals surface area contributed by atoms with Gasteiger partial charge < -0.3 is 0 Å². The molecule has 0 unspecified atom stereocenters. The quantitative estimate of drug-likeness (QED) is 0.631. The van der Waals surface area contributed by atoms with Gasteiger partial charge in [0.1, 0.15) is 0 Å². The van der Waals surface area contributed by atoms with Crippen LogP contribution in [0.15, 0.2) is 24.3 Å². The third-order valence-electron chi connectivity index (χ3n) is 1.20. The van der Waals surface area contributed by atoms with Crippen LogP contribution in [0.3, 0.4) is 0 Å². The predicted octanol–water partition coefficient (Wildman–Crippen LogP) is 3.04. The first-order valence-electron chi connectivity index (χ1n) is 2.94. The van der Waals surface area contributed by atoms with Crippen LogP contribution in [0.2, 0.25) is 5.02 Å². The van der Waals surface area contributed by atoms with Gasteiger partial charge in [-0.1, -0.05) is 31.2 Å². The van der Waals surface area contributed by atoms with Gasteiger partial charge in [-0.25, -0.2) is 0 Å². The molecule has 0 heterocycles. The van der Waals surface area contributed by atoms with Crippen molar-refractivity contribution < 1.29 is 0 Å². The highest BCUT2D eigenvalue weighted by Gasteiger charge is 1.89. The van der Waals surface area contributed by atoms with Crippen LogP contribution < -0.4 is 0 Å². The van der Waals surface area contributed by atoms with E-state index in [0.29, 0.717) is 11.4 Å². The lowest BCUT2D eigenvalue weighted by molar-refractivity contribution is 1.26. The van der Waals surface area contributed by atoms with Crippen molar-refractivity contribution in [1.82, 2.24) is 0 Å². The van der Waals surface area contributed by atoms with Crippen LogP contribution in [-0.2, 0) is 6.42 Å². The molecule has 0 amide bonds. The van der Waals surface area contributed by atoms with Crippen LogP contribution in [0.4, 0.5) is 0 Å². The van der Waals surface area contributed by atoms with Gasteiger partial charge in [0, 0.05) is 5.02 Å². The molecule has 58 valence electrons. The largest absolute Gasteiger partial charge is 0.198 e. The van der Waals surface area contributed by atoms with Crippen molar-refractivity contribution in [3.63, 3.8) is 0 Å². The average Bonchev–Trinajstić information content (AvgIpc) is 1.95. The van der Waals surface area contributed by atoms with E-state index in [1.807, 2.05) is 12.1 Å². The summed E-state index contributed by atoms with van der Waals surface area (Å²) in [6.07, 6.45) is 0.456.